The van der Waals surface area contributed by atoms with E-state index in [0.29, 0.717) is 5.75 Å². The highest BCUT2D eigenvalue weighted by atomic mass is 16.6. The molecule has 0 atom stereocenters. The van der Waals surface area contributed by atoms with Crippen LogP contribution in [0.25, 0.3) is 10.4 Å². The van der Waals surface area contributed by atoms with Gasteiger partial charge in [-0.15, -0.1) is 0 Å². The van der Waals surface area contributed by atoms with E-state index in [0.717, 1.165) is 16.7 Å². The molecule has 0 fully saturated rings. The minimum absolute atomic E-state index is 0.133. The largest absolute Gasteiger partial charge is 0.457 e. The van der Waals surface area contributed by atoms with Crippen molar-refractivity contribution in [2.45, 2.75) is 20.8 Å². The normalized spacial score (nSPS) is 9.95. The number of hydrogen-bond acceptors (Lipinski definition) is 4. The summed E-state index contributed by atoms with van der Waals surface area (Å²) >= 11 is 0. The minimum Gasteiger partial charge on any atom is -0.457 e. The van der Waals surface area contributed by atoms with E-state index in [-0.39, 0.29) is 17.1 Å². The highest BCUT2D eigenvalue weighted by molar-refractivity contribution is 5.54. The molecule has 0 amide bonds. The number of aryl methyl sites for hydroxylation is 2. The molecule has 0 saturated heterocycles. The molecule has 7 nitrogen and oxygen atoms in total. The summed E-state index contributed by atoms with van der Waals surface area (Å²) in [5, 5.41) is 14.4. The second-order valence-electron chi connectivity index (χ2n) is 4.94. The van der Waals surface area contributed by atoms with Crippen LogP contribution < -0.4 is 4.74 Å². The van der Waals surface area contributed by atoms with Gasteiger partial charge in [0, 0.05) is 16.7 Å². The molecule has 7 heteroatoms. The number of nitro groups is 1. The molecule has 0 heterocycles. The van der Waals surface area contributed by atoms with Crippen LogP contribution in [0.3, 0.4) is 0 Å². The Morgan fingerprint density at radius 2 is 1.91 bits per heavy atom. The summed E-state index contributed by atoms with van der Waals surface area (Å²) in [6.07, 6.45) is 0. The first-order valence-corrected chi connectivity index (χ1v) is 6.51. The number of non-ortho nitro benzene ring substituents is 1. The monoisotopic (exact) mass is 298 g/mol. The number of nitro benzene ring substituents is 1. The minimum atomic E-state index is -0.558. The van der Waals surface area contributed by atoms with Gasteiger partial charge in [0.2, 0.25) is 0 Å². The van der Waals surface area contributed by atoms with Gasteiger partial charge in [-0.1, -0.05) is 11.2 Å². The van der Waals surface area contributed by atoms with Gasteiger partial charge in [-0.05, 0) is 55.1 Å². The van der Waals surface area contributed by atoms with Crippen LogP contribution in [0, 0.1) is 30.9 Å². The average Bonchev–Trinajstić information content (AvgIpc) is 2.44. The maximum absolute atomic E-state index is 11.0. The Morgan fingerprint density at radius 3 is 2.55 bits per heavy atom. The van der Waals surface area contributed by atoms with Gasteiger partial charge in [0.05, 0.1) is 11.0 Å². The molecule has 0 saturated carbocycles. The van der Waals surface area contributed by atoms with Crippen LogP contribution in [0.15, 0.2) is 35.4 Å². The molecule has 22 heavy (non-hydrogen) atoms. The number of hydrogen-bond donors (Lipinski definition) is 0. The number of nitrogens with zero attached hydrogens (tertiary/aromatic N) is 4. The Bertz CT molecular complexity index is 775. The summed E-state index contributed by atoms with van der Waals surface area (Å²) in [6.45, 7) is 5.82. The fraction of sp³-hybridized carbons (Fsp3) is 0.200. The molecule has 0 radical (unpaired) electrons. The van der Waals surface area contributed by atoms with Crippen molar-refractivity contribution < 1.29 is 9.66 Å². The fourth-order valence-electron chi connectivity index (χ4n) is 2.08. The van der Waals surface area contributed by atoms with Crippen molar-refractivity contribution in [2.24, 2.45) is 5.11 Å². The number of benzene rings is 2. The van der Waals surface area contributed by atoms with E-state index in [2.05, 4.69) is 10.0 Å². The van der Waals surface area contributed by atoms with Crippen molar-refractivity contribution in [1.29, 1.82) is 0 Å². The van der Waals surface area contributed by atoms with E-state index < -0.39 is 4.92 Å². The Kier molecular flexibility index (Phi) is 4.29. The third kappa shape index (κ3) is 3.34. The first-order valence-electron chi connectivity index (χ1n) is 6.51. The molecular weight excluding hydrogens is 284 g/mol. The van der Waals surface area contributed by atoms with Crippen LogP contribution in [0.2, 0.25) is 0 Å². The molecule has 2 rings (SSSR count). The second-order valence-corrected chi connectivity index (χ2v) is 4.94. The molecule has 2 aromatic carbocycles. The van der Waals surface area contributed by atoms with E-state index in [9.17, 15) is 10.1 Å². The van der Waals surface area contributed by atoms with Crippen molar-refractivity contribution in [3.63, 3.8) is 0 Å². The predicted molar refractivity (Wildman–Crippen MR) is 82.6 cm³/mol. The Balaban J connectivity index is 2.49. The molecule has 2 aromatic rings. The molecule has 0 aliphatic carbocycles. The third-order valence-electron chi connectivity index (χ3n) is 3.24. The summed E-state index contributed by atoms with van der Waals surface area (Å²) in [4.78, 5) is 13.0. The lowest BCUT2D eigenvalue weighted by Crippen LogP contribution is -1.93. The molecule has 0 N–H and O–H groups in total. The third-order valence-corrected chi connectivity index (χ3v) is 3.24. The highest BCUT2D eigenvalue weighted by Gasteiger charge is 2.12. The maximum Gasteiger partial charge on any atom is 0.273 e. The van der Waals surface area contributed by atoms with Crippen LogP contribution in [-0.4, -0.2) is 4.92 Å². The lowest BCUT2D eigenvalue weighted by Gasteiger charge is -2.12. The lowest BCUT2D eigenvalue weighted by atomic mass is 10.1. The molecule has 0 aliphatic heterocycles. The first-order chi connectivity index (χ1) is 10.4. The maximum atomic E-state index is 11.0. The summed E-state index contributed by atoms with van der Waals surface area (Å²) in [5.74, 6) is 0.870. The zero-order valence-corrected chi connectivity index (χ0v) is 12.4. The predicted octanol–water partition coefficient (Wildman–Crippen LogP) is 5.25. The standard InChI is InChI=1S/C15H14N4O3/c1-9-4-10(2)11(3)15(5-9)22-14-7-12(17-18-16)6-13(8-14)19(20)21/h4-8H,1-3H3. The molecule has 0 aromatic heterocycles. The number of ether oxygens (including phenoxy) is 1. The quantitative estimate of drug-likeness (QED) is 0.253. The van der Waals surface area contributed by atoms with Crippen LogP contribution in [0.5, 0.6) is 11.5 Å². The lowest BCUT2D eigenvalue weighted by molar-refractivity contribution is -0.384. The SMILES string of the molecule is Cc1cc(C)c(C)c(Oc2cc(N=[N+]=[N-])cc([N+](=O)[O-])c2)c1. The van der Waals surface area contributed by atoms with E-state index >= 15 is 0 Å². The fourth-order valence-corrected chi connectivity index (χ4v) is 2.08. The number of azide groups is 1. The van der Waals surface area contributed by atoms with Gasteiger partial charge in [0.15, 0.2) is 0 Å². The summed E-state index contributed by atoms with van der Waals surface area (Å²) in [5.41, 5.74) is 11.5. The Morgan fingerprint density at radius 1 is 1.18 bits per heavy atom. The first kappa shape index (κ1) is 15.3. The summed E-state index contributed by atoms with van der Waals surface area (Å²) in [6, 6.07) is 7.84. The summed E-state index contributed by atoms with van der Waals surface area (Å²) < 4.78 is 5.76. The molecule has 0 aliphatic rings. The van der Waals surface area contributed by atoms with Gasteiger partial charge in [0.1, 0.15) is 11.5 Å². The smallest absolute Gasteiger partial charge is 0.273 e. The van der Waals surface area contributed by atoms with E-state index in [1.165, 1.54) is 18.2 Å². The average molecular weight is 298 g/mol. The van der Waals surface area contributed by atoms with Crippen LogP contribution in [-0.2, 0) is 0 Å². The van der Waals surface area contributed by atoms with Crippen molar-refractivity contribution in [3.8, 4) is 11.5 Å². The van der Waals surface area contributed by atoms with Crippen molar-refractivity contribution in [2.75, 3.05) is 0 Å². The van der Waals surface area contributed by atoms with Gasteiger partial charge >= 0.3 is 0 Å². The second kappa shape index (κ2) is 6.15. The van der Waals surface area contributed by atoms with Gasteiger partial charge in [-0.3, -0.25) is 10.1 Å². The van der Waals surface area contributed by atoms with E-state index in [1.807, 2.05) is 32.9 Å². The van der Waals surface area contributed by atoms with Crippen LogP contribution >= 0.6 is 0 Å². The van der Waals surface area contributed by atoms with E-state index in [1.54, 1.807) is 0 Å². The van der Waals surface area contributed by atoms with Crippen LogP contribution in [0.1, 0.15) is 16.7 Å². The van der Waals surface area contributed by atoms with Crippen molar-refractivity contribution >= 4 is 11.4 Å². The molecule has 0 spiro atoms. The number of rotatable bonds is 4. The van der Waals surface area contributed by atoms with E-state index in [4.69, 9.17) is 10.3 Å². The van der Waals surface area contributed by atoms with Crippen molar-refractivity contribution in [3.05, 3.63) is 67.6 Å². The summed E-state index contributed by atoms with van der Waals surface area (Å²) in [7, 11) is 0. The highest BCUT2D eigenvalue weighted by Crippen LogP contribution is 2.33. The van der Waals surface area contributed by atoms with Gasteiger partial charge in [0.25, 0.3) is 5.69 Å². The van der Waals surface area contributed by atoms with Gasteiger partial charge < -0.3 is 4.74 Å². The molecule has 0 bridgehead atoms. The zero-order chi connectivity index (χ0) is 16.3. The Hall–Kier alpha value is -3.05. The zero-order valence-electron chi connectivity index (χ0n) is 12.4. The van der Waals surface area contributed by atoms with Crippen LogP contribution in [0.4, 0.5) is 11.4 Å². The molecule has 0 unspecified atom stereocenters. The van der Waals surface area contributed by atoms with Gasteiger partial charge in [-0.2, -0.15) is 0 Å². The Labute approximate surface area is 126 Å². The molecular formula is C15H14N4O3. The topological polar surface area (TPSA) is 101 Å². The van der Waals surface area contributed by atoms with Gasteiger partial charge in [-0.25, -0.2) is 0 Å². The molecule has 112 valence electrons. The van der Waals surface area contributed by atoms with Crippen molar-refractivity contribution in [1.82, 2.24) is 0 Å².